The van der Waals surface area contributed by atoms with Crippen LogP contribution < -0.4 is 15.0 Å². The van der Waals surface area contributed by atoms with Crippen LogP contribution in [0, 0.1) is 6.92 Å². The van der Waals surface area contributed by atoms with Gasteiger partial charge in [-0.3, -0.25) is 14.7 Å². The molecule has 0 spiro atoms. The van der Waals surface area contributed by atoms with E-state index in [1.165, 1.54) is 18.9 Å². The highest BCUT2D eigenvalue weighted by atomic mass is 32.2. The van der Waals surface area contributed by atoms with Gasteiger partial charge in [-0.1, -0.05) is 12.1 Å². The number of methoxy groups -OCH3 is 2. The molecule has 1 aromatic carbocycles. The Balaban J connectivity index is 1.63. The van der Waals surface area contributed by atoms with Crippen LogP contribution in [0.15, 0.2) is 40.4 Å². The molecule has 0 aliphatic carbocycles. The molecule has 1 fully saturated rings. The topological polar surface area (TPSA) is 126 Å². The number of nitrogens with zero attached hydrogens (tertiary/aromatic N) is 5. The Morgan fingerprint density at radius 3 is 2.43 bits per heavy atom. The van der Waals surface area contributed by atoms with Crippen molar-refractivity contribution in [2.24, 2.45) is 0 Å². The molecule has 11 nitrogen and oxygen atoms in total. The second-order valence-corrected chi connectivity index (χ2v) is 9.74. The molecule has 12 heteroatoms. The first kappa shape index (κ1) is 26.4. The fraction of sp³-hybridized carbons (Fsp3) is 0.400. The molecule has 1 aliphatic heterocycles. The molecule has 0 radical (unpaired) electrons. The van der Waals surface area contributed by atoms with Gasteiger partial charge >= 0.3 is 0 Å². The lowest BCUT2D eigenvalue weighted by atomic mass is 10.1. The first-order chi connectivity index (χ1) is 17.9. The molecule has 1 amide bonds. The van der Waals surface area contributed by atoms with Gasteiger partial charge in [-0.05, 0) is 43.3 Å². The van der Waals surface area contributed by atoms with Gasteiger partial charge in [0.1, 0.15) is 12.4 Å². The molecule has 0 bridgehead atoms. The predicted octanol–water partition coefficient (Wildman–Crippen LogP) is 2.84. The fourth-order valence-electron chi connectivity index (χ4n) is 4.01. The summed E-state index contributed by atoms with van der Waals surface area (Å²) in [6.45, 7) is 5.86. The van der Waals surface area contributed by atoms with Crippen molar-refractivity contribution in [1.82, 2.24) is 25.1 Å². The second-order valence-electron chi connectivity index (χ2n) is 8.70. The number of ether oxygens (including phenoxy) is 2. The lowest BCUT2D eigenvalue weighted by molar-refractivity contribution is -0.135. The number of benzene rings is 1. The van der Waals surface area contributed by atoms with E-state index >= 15 is 0 Å². The third kappa shape index (κ3) is 6.77. The first-order valence-electron chi connectivity index (χ1n) is 11.9. The average molecular weight is 526 g/mol. The van der Waals surface area contributed by atoms with E-state index in [4.69, 9.17) is 19.4 Å². The fourth-order valence-corrected chi connectivity index (χ4v) is 4.76. The third-order valence-corrected chi connectivity index (χ3v) is 6.64. The highest BCUT2D eigenvalue weighted by Gasteiger charge is 2.27. The first-order valence-corrected chi connectivity index (χ1v) is 12.7. The summed E-state index contributed by atoms with van der Waals surface area (Å²) in [7, 11) is 3.10. The van der Waals surface area contributed by atoms with Crippen LogP contribution >= 0.6 is 11.8 Å². The van der Waals surface area contributed by atoms with Crippen LogP contribution in [0.2, 0.25) is 0 Å². The van der Waals surface area contributed by atoms with E-state index in [2.05, 4.69) is 20.4 Å². The van der Waals surface area contributed by atoms with E-state index in [1.54, 1.807) is 18.9 Å². The minimum atomic E-state index is -0.0301. The number of aryl methyl sites for hydroxylation is 1. The zero-order chi connectivity index (χ0) is 26.4. The molecule has 37 heavy (non-hydrogen) atoms. The van der Waals surface area contributed by atoms with Crippen molar-refractivity contribution in [3.8, 4) is 5.75 Å². The van der Waals surface area contributed by atoms with Crippen molar-refractivity contribution in [2.45, 2.75) is 30.3 Å². The quantitative estimate of drug-likeness (QED) is 0.382. The van der Waals surface area contributed by atoms with Gasteiger partial charge in [-0.2, -0.15) is 5.10 Å². The number of piperazine rings is 1. The number of ketones is 1. The number of aromatic nitrogens is 4. The van der Waals surface area contributed by atoms with Crippen molar-refractivity contribution in [2.75, 3.05) is 57.2 Å². The van der Waals surface area contributed by atoms with Crippen LogP contribution in [0.3, 0.4) is 0 Å². The number of carbonyl (C=O) groups excluding carboxylic acids is 2. The Bertz CT molecular complexity index is 1240. The number of nitrogens with one attached hydrogen (secondary N) is 2. The lowest BCUT2D eigenvalue weighted by Crippen LogP contribution is -2.50. The van der Waals surface area contributed by atoms with Crippen LogP contribution in [-0.2, 0) is 20.7 Å². The van der Waals surface area contributed by atoms with Gasteiger partial charge in [0.25, 0.3) is 0 Å². The Morgan fingerprint density at radius 2 is 1.84 bits per heavy atom. The number of hydrogen-bond donors (Lipinski definition) is 2. The van der Waals surface area contributed by atoms with Gasteiger partial charge in [-0.25, -0.2) is 9.97 Å². The Kier molecular flexibility index (Phi) is 8.62. The molecule has 1 saturated heterocycles. The van der Waals surface area contributed by atoms with Crippen molar-refractivity contribution >= 4 is 40.9 Å². The number of amides is 1. The maximum absolute atomic E-state index is 12.3. The standard InChI is InChI=1S/C25H31N7O4S/c1-16-13-20(30-29-16)26-23-22(36-4)24(32-11-9-31(10-12-32)21(34)15-35-3)28-25(27-23)37-19-7-5-18(6-8-19)14-17(2)33/h5-8,13H,9-12,14-15H2,1-4H3,(H2,26,27,28,29,30). The molecule has 4 rings (SSSR count). The van der Waals surface area contributed by atoms with Gasteiger partial charge in [0.2, 0.25) is 11.7 Å². The van der Waals surface area contributed by atoms with Crippen molar-refractivity contribution in [3.63, 3.8) is 0 Å². The molecule has 1 aliphatic rings. The summed E-state index contributed by atoms with van der Waals surface area (Å²) in [6.07, 6.45) is 0.407. The molecule has 3 heterocycles. The van der Waals surface area contributed by atoms with Crippen molar-refractivity contribution in [3.05, 3.63) is 41.6 Å². The molecule has 196 valence electrons. The van der Waals surface area contributed by atoms with Crippen LogP contribution in [0.5, 0.6) is 5.75 Å². The van der Waals surface area contributed by atoms with E-state index < -0.39 is 0 Å². The zero-order valence-electron chi connectivity index (χ0n) is 21.4. The molecule has 0 unspecified atom stereocenters. The molecular formula is C25H31N7O4S. The average Bonchev–Trinajstić information content (AvgIpc) is 3.29. The van der Waals surface area contributed by atoms with E-state index in [0.29, 0.717) is 61.0 Å². The predicted molar refractivity (Wildman–Crippen MR) is 141 cm³/mol. The minimum Gasteiger partial charge on any atom is -0.490 e. The number of H-pyrrole nitrogens is 1. The van der Waals surface area contributed by atoms with Crippen LogP contribution in [0.4, 0.5) is 17.5 Å². The summed E-state index contributed by atoms with van der Waals surface area (Å²) in [5, 5.41) is 11.0. The number of aromatic amines is 1. The highest BCUT2D eigenvalue weighted by molar-refractivity contribution is 7.99. The van der Waals surface area contributed by atoms with Gasteiger partial charge in [0, 0.05) is 56.4 Å². The summed E-state index contributed by atoms with van der Waals surface area (Å²) in [5.41, 5.74) is 1.87. The van der Waals surface area contributed by atoms with Crippen molar-refractivity contribution in [1.29, 1.82) is 0 Å². The summed E-state index contributed by atoms with van der Waals surface area (Å²) < 4.78 is 10.8. The molecule has 2 aromatic heterocycles. The summed E-state index contributed by atoms with van der Waals surface area (Å²) in [6, 6.07) is 9.68. The normalized spacial score (nSPS) is 13.5. The Hall–Kier alpha value is -3.64. The van der Waals surface area contributed by atoms with Crippen molar-refractivity contribution < 1.29 is 19.1 Å². The van der Waals surface area contributed by atoms with Crippen LogP contribution in [0.1, 0.15) is 18.2 Å². The van der Waals surface area contributed by atoms with Gasteiger partial charge in [0.05, 0.1) is 7.11 Å². The molecule has 2 N–H and O–H groups in total. The number of rotatable bonds is 10. The molecule has 0 saturated carbocycles. The SMILES string of the molecule is COCC(=O)N1CCN(c2nc(Sc3ccc(CC(C)=O)cc3)nc(Nc3cc(C)[nH]n3)c2OC)CC1. The highest BCUT2D eigenvalue weighted by Crippen LogP contribution is 2.38. The van der Waals surface area contributed by atoms with Gasteiger partial charge in [0.15, 0.2) is 22.6 Å². The Labute approximate surface area is 219 Å². The molecule has 0 atom stereocenters. The Morgan fingerprint density at radius 1 is 1.11 bits per heavy atom. The van der Waals surface area contributed by atoms with Gasteiger partial charge < -0.3 is 24.6 Å². The minimum absolute atomic E-state index is 0.0301. The summed E-state index contributed by atoms with van der Waals surface area (Å²) in [4.78, 5) is 38.1. The van der Waals surface area contributed by atoms with E-state index in [-0.39, 0.29) is 18.3 Å². The molecular weight excluding hydrogens is 494 g/mol. The zero-order valence-corrected chi connectivity index (χ0v) is 22.2. The third-order valence-electron chi connectivity index (χ3n) is 5.77. The van der Waals surface area contributed by atoms with Gasteiger partial charge in [-0.15, -0.1) is 0 Å². The monoisotopic (exact) mass is 525 g/mol. The maximum atomic E-state index is 12.3. The molecule has 3 aromatic rings. The summed E-state index contributed by atoms with van der Waals surface area (Å²) in [5.74, 6) is 2.34. The maximum Gasteiger partial charge on any atom is 0.248 e. The van der Waals surface area contributed by atoms with E-state index in [0.717, 1.165) is 16.2 Å². The largest absolute Gasteiger partial charge is 0.490 e. The van der Waals surface area contributed by atoms with Crippen LogP contribution in [0.25, 0.3) is 0 Å². The number of hydrogen-bond acceptors (Lipinski definition) is 10. The number of carbonyl (C=O) groups is 2. The second kappa shape index (κ2) is 12.1. The van der Waals surface area contributed by atoms with E-state index in [9.17, 15) is 9.59 Å². The smallest absolute Gasteiger partial charge is 0.248 e. The lowest BCUT2D eigenvalue weighted by Gasteiger charge is -2.36. The van der Waals surface area contributed by atoms with Crippen LogP contribution in [-0.4, -0.2) is 83.8 Å². The number of Topliss-reactive ketones (excluding diaryl/α,β-unsaturated/α-hetero) is 1. The van der Waals surface area contributed by atoms with E-state index in [1.807, 2.05) is 37.3 Å². The summed E-state index contributed by atoms with van der Waals surface area (Å²) >= 11 is 1.42. The number of anilines is 3.